The molecule has 10 nitrogen and oxygen atoms in total. The van der Waals surface area contributed by atoms with Crippen molar-refractivity contribution in [2.75, 3.05) is 5.32 Å². The molecule has 0 radical (unpaired) electrons. The number of carbonyl (C=O) groups is 3. The van der Waals surface area contributed by atoms with E-state index in [0.29, 0.717) is 28.3 Å². The summed E-state index contributed by atoms with van der Waals surface area (Å²) in [6.45, 7) is 8.57. The number of pyridine rings is 1. The van der Waals surface area contributed by atoms with Crippen molar-refractivity contribution in [1.29, 1.82) is 0 Å². The summed E-state index contributed by atoms with van der Waals surface area (Å²) in [6.07, 6.45) is 2.57. The number of anilines is 1. The van der Waals surface area contributed by atoms with Crippen LogP contribution in [-0.2, 0) is 11.3 Å². The van der Waals surface area contributed by atoms with Crippen molar-refractivity contribution >= 4 is 41.5 Å². The Hall–Kier alpha value is -3.54. The second-order valence-electron chi connectivity index (χ2n) is 9.76. The number of carboxylic acid groups (broad SMARTS) is 1. The number of carbonyl (C=O) groups excluding carboxylic acids is 2. The SMILES string of the molecule is C=Cc1cc(-c2nc(N[C@@H]3CCCC[C@@H]3NC(=O)OC(C)(C)C)c(F)c3c2C(=O)N(C(=O)O)C3)sn1. The van der Waals surface area contributed by atoms with Crippen LogP contribution in [0.2, 0.25) is 0 Å². The molecule has 0 aromatic carbocycles. The van der Waals surface area contributed by atoms with E-state index in [-0.39, 0.29) is 34.7 Å². The number of fused-ring (bicyclic) bond motifs is 1. The Bertz CT molecular complexity index is 1220. The van der Waals surface area contributed by atoms with Crippen LogP contribution in [0.4, 0.5) is 19.8 Å². The van der Waals surface area contributed by atoms with Crippen molar-refractivity contribution in [3.63, 3.8) is 0 Å². The molecular formula is C24H28FN5O5S. The number of amides is 3. The standard InChI is InChI=1S/C24H28FN5O5S/c1-5-12-10-16(36-29-12)19-17-13(11-30(21(17)31)23(33)34)18(25)20(28-19)26-14-8-6-7-9-15(14)27-22(32)35-24(2,3)4/h5,10,14-15H,1,6-9,11H2,2-4H3,(H,26,28)(H,27,32)(H,33,34)/t14-,15+/m1/s1. The largest absolute Gasteiger partial charge is 0.465 e. The van der Waals surface area contributed by atoms with Crippen LogP contribution in [0.15, 0.2) is 12.6 Å². The van der Waals surface area contributed by atoms with Crippen LogP contribution in [0.3, 0.4) is 0 Å². The molecule has 1 fully saturated rings. The van der Waals surface area contributed by atoms with Gasteiger partial charge in [-0.1, -0.05) is 19.4 Å². The molecule has 2 atom stereocenters. The number of hydrogen-bond donors (Lipinski definition) is 3. The van der Waals surface area contributed by atoms with Gasteiger partial charge in [-0.2, -0.15) is 4.37 Å². The third kappa shape index (κ3) is 5.18. The summed E-state index contributed by atoms with van der Waals surface area (Å²) in [6, 6.07) is 0.975. The van der Waals surface area contributed by atoms with E-state index >= 15 is 4.39 Å². The maximum atomic E-state index is 15.7. The molecule has 3 heterocycles. The topological polar surface area (TPSA) is 134 Å². The van der Waals surface area contributed by atoms with Crippen molar-refractivity contribution in [1.82, 2.24) is 19.6 Å². The molecule has 12 heteroatoms. The molecule has 3 N–H and O–H groups in total. The van der Waals surface area contributed by atoms with E-state index in [2.05, 4.69) is 26.6 Å². The van der Waals surface area contributed by atoms with Gasteiger partial charge in [0.05, 0.1) is 34.4 Å². The molecule has 1 aliphatic carbocycles. The molecule has 0 unspecified atom stereocenters. The van der Waals surface area contributed by atoms with Gasteiger partial charge in [-0.15, -0.1) is 0 Å². The van der Waals surface area contributed by atoms with Crippen molar-refractivity contribution < 1.29 is 28.6 Å². The van der Waals surface area contributed by atoms with Crippen LogP contribution in [-0.4, -0.2) is 55.1 Å². The molecule has 2 aromatic rings. The van der Waals surface area contributed by atoms with E-state index in [1.807, 2.05) is 0 Å². The van der Waals surface area contributed by atoms with E-state index in [1.165, 1.54) is 6.08 Å². The fourth-order valence-corrected chi connectivity index (χ4v) is 5.13. The number of ether oxygens (including phenoxy) is 1. The van der Waals surface area contributed by atoms with Gasteiger partial charge in [0.25, 0.3) is 5.91 Å². The second-order valence-corrected chi connectivity index (χ2v) is 10.6. The van der Waals surface area contributed by atoms with Gasteiger partial charge in [-0.05, 0) is 57.3 Å². The Morgan fingerprint density at radius 2 is 2.00 bits per heavy atom. The molecule has 1 aliphatic heterocycles. The smallest absolute Gasteiger partial charge is 0.414 e. The van der Waals surface area contributed by atoms with E-state index in [0.717, 1.165) is 24.4 Å². The molecule has 4 rings (SSSR count). The van der Waals surface area contributed by atoms with Gasteiger partial charge in [-0.3, -0.25) is 4.79 Å². The Labute approximate surface area is 211 Å². The van der Waals surface area contributed by atoms with E-state index < -0.39 is 36.1 Å². The van der Waals surface area contributed by atoms with Crippen LogP contribution < -0.4 is 10.6 Å². The highest BCUT2D eigenvalue weighted by Gasteiger charge is 2.40. The molecule has 2 aliphatic rings. The summed E-state index contributed by atoms with van der Waals surface area (Å²) in [5.41, 5.74) is -0.0894. The zero-order valence-electron chi connectivity index (χ0n) is 20.3. The number of nitrogens with one attached hydrogen (secondary N) is 2. The monoisotopic (exact) mass is 517 g/mol. The molecular weight excluding hydrogens is 489 g/mol. The zero-order chi connectivity index (χ0) is 26.2. The number of nitrogens with zero attached hydrogens (tertiary/aromatic N) is 3. The minimum Gasteiger partial charge on any atom is -0.465 e. The lowest BCUT2D eigenvalue weighted by molar-refractivity contribution is 0.0488. The van der Waals surface area contributed by atoms with Gasteiger partial charge in [0.1, 0.15) is 5.60 Å². The number of imide groups is 1. The fourth-order valence-electron chi connectivity index (χ4n) is 4.39. The molecule has 36 heavy (non-hydrogen) atoms. The lowest BCUT2D eigenvalue weighted by Gasteiger charge is -2.34. The normalized spacial score (nSPS) is 19.6. The lowest BCUT2D eigenvalue weighted by Crippen LogP contribution is -2.50. The highest BCUT2D eigenvalue weighted by Crippen LogP contribution is 2.38. The van der Waals surface area contributed by atoms with Crippen molar-refractivity contribution in [3.8, 4) is 10.6 Å². The molecule has 2 aromatic heterocycles. The number of aromatic nitrogens is 2. The number of rotatable bonds is 5. The van der Waals surface area contributed by atoms with Gasteiger partial charge in [0.2, 0.25) is 0 Å². The van der Waals surface area contributed by atoms with Crippen molar-refractivity contribution in [3.05, 3.63) is 35.3 Å². The second kappa shape index (κ2) is 9.84. The highest BCUT2D eigenvalue weighted by molar-refractivity contribution is 7.09. The van der Waals surface area contributed by atoms with Gasteiger partial charge in [0, 0.05) is 11.6 Å². The van der Waals surface area contributed by atoms with Gasteiger partial charge < -0.3 is 20.5 Å². The van der Waals surface area contributed by atoms with Crippen LogP contribution in [0.5, 0.6) is 0 Å². The first kappa shape index (κ1) is 25.5. The van der Waals surface area contributed by atoms with E-state index in [1.54, 1.807) is 26.8 Å². The number of hydrogen-bond acceptors (Lipinski definition) is 8. The Morgan fingerprint density at radius 1 is 1.31 bits per heavy atom. The average molecular weight is 518 g/mol. The maximum Gasteiger partial charge on any atom is 0.414 e. The third-order valence-electron chi connectivity index (χ3n) is 6.00. The first-order chi connectivity index (χ1) is 17.0. The van der Waals surface area contributed by atoms with Crippen LogP contribution >= 0.6 is 11.5 Å². The molecule has 0 bridgehead atoms. The Morgan fingerprint density at radius 3 is 2.61 bits per heavy atom. The van der Waals surface area contributed by atoms with Gasteiger partial charge in [0.15, 0.2) is 11.6 Å². The predicted molar refractivity (Wildman–Crippen MR) is 132 cm³/mol. The minimum absolute atomic E-state index is 0.0455. The van der Waals surface area contributed by atoms with E-state index in [9.17, 15) is 19.5 Å². The first-order valence-corrected chi connectivity index (χ1v) is 12.4. The first-order valence-electron chi connectivity index (χ1n) is 11.6. The van der Waals surface area contributed by atoms with Crippen LogP contribution in [0.25, 0.3) is 16.6 Å². The van der Waals surface area contributed by atoms with Gasteiger partial charge in [-0.25, -0.2) is 23.9 Å². The van der Waals surface area contributed by atoms with Gasteiger partial charge >= 0.3 is 12.2 Å². The summed E-state index contributed by atoms with van der Waals surface area (Å²) >= 11 is 1.05. The van der Waals surface area contributed by atoms with Crippen LogP contribution in [0, 0.1) is 5.82 Å². The Kier molecular flexibility index (Phi) is 6.98. The zero-order valence-corrected chi connectivity index (χ0v) is 21.1. The van der Waals surface area contributed by atoms with E-state index in [4.69, 9.17) is 4.74 Å². The minimum atomic E-state index is -1.47. The summed E-state index contributed by atoms with van der Waals surface area (Å²) in [5.74, 6) is -1.73. The lowest BCUT2D eigenvalue weighted by atomic mass is 9.90. The molecule has 3 amide bonds. The molecule has 192 valence electrons. The molecule has 0 saturated heterocycles. The average Bonchev–Trinajstić information content (AvgIpc) is 3.41. The third-order valence-corrected chi connectivity index (χ3v) is 6.81. The quantitative estimate of drug-likeness (QED) is 0.512. The maximum absolute atomic E-state index is 15.7. The summed E-state index contributed by atoms with van der Waals surface area (Å²) < 4.78 is 25.3. The van der Waals surface area contributed by atoms with Crippen LogP contribution in [0.1, 0.15) is 68.1 Å². The highest BCUT2D eigenvalue weighted by atomic mass is 32.1. The fraction of sp³-hybridized carbons (Fsp3) is 0.458. The number of alkyl carbamates (subject to hydrolysis) is 1. The number of halogens is 1. The predicted octanol–water partition coefficient (Wildman–Crippen LogP) is 4.87. The summed E-state index contributed by atoms with van der Waals surface area (Å²) in [4.78, 5) is 42.3. The summed E-state index contributed by atoms with van der Waals surface area (Å²) in [5, 5.41) is 15.4. The molecule has 0 spiro atoms. The summed E-state index contributed by atoms with van der Waals surface area (Å²) in [7, 11) is 0. The Balaban J connectivity index is 1.70. The van der Waals surface area contributed by atoms with Crippen molar-refractivity contribution in [2.24, 2.45) is 0 Å². The molecule has 1 saturated carbocycles. The van der Waals surface area contributed by atoms with Crippen molar-refractivity contribution in [2.45, 2.75) is 70.7 Å².